The van der Waals surface area contributed by atoms with E-state index in [1.54, 1.807) is 23.3 Å². The summed E-state index contributed by atoms with van der Waals surface area (Å²) in [6.45, 7) is 0.179. The molecule has 0 bridgehead atoms. The van der Waals surface area contributed by atoms with Crippen molar-refractivity contribution in [3.8, 4) is 0 Å². The number of hydrogen-bond donors (Lipinski definition) is 0. The first-order chi connectivity index (χ1) is 7.72. The number of ether oxygens (including phenoxy) is 1. The lowest BCUT2D eigenvalue weighted by Crippen LogP contribution is -2.27. The molecule has 0 radical (unpaired) electrons. The Labute approximate surface area is 96.7 Å². The molecular formula is C10H11N3O2S. The number of thiophene rings is 1. The Morgan fingerprint density at radius 1 is 1.56 bits per heavy atom. The molecule has 0 aliphatic carbocycles. The summed E-state index contributed by atoms with van der Waals surface area (Å²) in [6.07, 6.45) is 1.50. The summed E-state index contributed by atoms with van der Waals surface area (Å²) in [5.41, 5.74) is 0. The van der Waals surface area contributed by atoms with Gasteiger partial charge in [-0.1, -0.05) is 0 Å². The third-order valence-electron chi connectivity index (χ3n) is 2.20. The number of rotatable bonds is 3. The molecule has 2 aromatic rings. The maximum Gasteiger partial charge on any atom is 0.325 e. The molecule has 84 valence electrons. The molecule has 0 N–H and O–H groups in total. The summed E-state index contributed by atoms with van der Waals surface area (Å²) in [6, 6.07) is 1.95. The molecular weight excluding hydrogens is 226 g/mol. The van der Waals surface area contributed by atoms with Crippen LogP contribution in [0.4, 0.5) is 5.82 Å². The Kier molecular flexibility index (Phi) is 3.00. The zero-order valence-electron chi connectivity index (χ0n) is 9.01. The monoisotopic (exact) mass is 237 g/mol. The summed E-state index contributed by atoms with van der Waals surface area (Å²) in [4.78, 5) is 22.2. The van der Waals surface area contributed by atoms with Gasteiger partial charge in [0.25, 0.3) is 0 Å². The van der Waals surface area contributed by atoms with Crippen LogP contribution in [-0.4, -0.2) is 36.6 Å². The number of likely N-dealkylation sites (N-methyl/N-ethyl adjacent to an activating group) is 1. The first kappa shape index (κ1) is 10.8. The highest BCUT2D eigenvalue weighted by atomic mass is 32.1. The van der Waals surface area contributed by atoms with Gasteiger partial charge < -0.3 is 9.64 Å². The van der Waals surface area contributed by atoms with Gasteiger partial charge in [-0.3, -0.25) is 4.79 Å². The molecule has 0 saturated heterocycles. The Morgan fingerprint density at radius 3 is 3.12 bits per heavy atom. The van der Waals surface area contributed by atoms with Gasteiger partial charge in [-0.25, -0.2) is 9.97 Å². The number of carbonyl (C=O) groups is 1. The van der Waals surface area contributed by atoms with E-state index in [2.05, 4.69) is 14.7 Å². The predicted molar refractivity (Wildman–Crippen MR) is 62.7 cm³/mol. The van der Waals surface area contributed by atoms with E-state index in [0.717, 1.165) is 16.0 Å². The van der Waals surface area contributed by atoms with Crippen molar-refractivity contribution in [3.05, 3.63) is 17.8 Å². The number of methoxy groups -OCH3 is 1. The third kappa shape index (κ3) is 1.96. The van der Waals surface area contributed by atoms with Crippen molar-refractivity contribution in [2.45, 2.75) is 0 Å². The number of hydrogen-bond acceptors (Lipinski definition) is 6. The topological polar surface area (TPSA) is 55.3 Å². The van der Waals surface area contributed by atoms with Crippen LogP contribution in [0, 0.1) is 0 Å². The number of fused-ring (bicyclic) bond motifs is 1. The molecule has 6 heteroatoms. The molecule has 5 nitrogen and oxygen atoms in total. The van der Waals surface area contributed by atoms with Gasteiger partial charge in [0.1, 0.15) is 23.5 Å². The standard InChI is InChI=1S/C10H11N3O2S/c1-13(5-8(14)15-2)9-7-3-4-16-10(7)12-6-11-9/h3-4,6H,5H2,1-2H3. The van der Waals surface area contributed by atoms with Crippen molar-refractivity contribution in [1.29, 1.82) is 0 Å². The quantitative estimate of drug-likeness (QED) is 0.753. The maximum absolute atomic E-state index is 11.2. The zero-order valence-corrected chi connectivity index (χ0v) is 9.82. The van der Waals surface area contributed by atoms with Gasteiger partial charge in [-0.2, -0.15) is 0 Å². The highest BCUT2D eigenvalue weighted by Crippen LogP contribution is 2.25. The van der Waals surface area contributed by atoms with E-state index >= 15 is 0 Å². The van der Waals surface area contributed by atoms with Crippen LogP contribution in [0.25, 0.3) is 10.2 Å². The lowest BCUT2D eigenvalue weighted by molar-refractivity contribution is -0.138. The van der Waals surface area contributed by atoms with Crippen LogP contribution in [0.1, 0.15) is 0 Å². The van der Waals surface area contributed by atoms with Gasteiger partial charge in [0.05, 0.1) is 12.5 Å². The predicted octanol–water partition coefficient (Wildman–Crippen LogP) is 1.30. The molecule has 0 aliphatic rings. The lowest BCUT2D eigenvalue weighted by Gasteiger charge is -2.16. The third-order valence-corrected chi connectivity index (χ3v) is 3.02. The average molecular weight is 237 g/mol. The van der Waals surface area contributed by atoms with Gasteiger partial charge in [0, 0.05) is 7.05 Å². The van der Waals surface area contributed by atoms with Gasteiger partial charge in [0.15, 0.2) is 0 Å². The fraction of sp³-hybridized carbons (Fsp3) is 0.300. The molecule has 16 heavy (non-hydrogen) atoms. The minimum atomic E-state index is -0.288. The van der Waals surface area contributed by atoms with Crippen LogP contribution in [0.15, 0.2) is 17.8 Å². The fourth-order valence-electron chi connectivity index (χ4n) is 1.41. The summed E-state index contributed by atoms with van der Waals surface area (Å²) < 4.78 is 4.61. The highest BCUT2D eigenvalue weighted by molar-refractivity contribution is 7.16. The molecule has 0 atom stereocenters. The number of anilines is 1. The van der Waals surface area contributed by atoms with Crippen LogP contribution in [0.5, 0.6) is 0 Å². The van der Waals surface area contributed by atoms with Crippen LogP contribution >= 0.6 is 11.3 Å². The van der Waals surface area contributed by atoms with E-state index in [0.29, 0.717) is 0 Å². The fourth-order valence-corrected chi connectivity index (χ4v) is 2.14. The van der Waals surface area contributed by atoms with Gasteiger partial charge in [0.2, 0.25) is 0 Å². The van der Waals surface area contributed by atoms with E-state index in [4.69, 9.17) is 0 Å². The number of carbonyl (C=O) groups excluding carboxylic acids is 1. The van der Waals surface area contributed by atoms with Gasteiger partial charge >= 0.3 is 5.97 Å². The second-order valence-electron chi connectivity index (χ2n) is 3.27. The Morgan fingerprint density at radius 2 is 2.38 bits per heavy atom. The van der Waals surface area contributed by atoms with Crippen molar-refractivity contribution in [1.82, 2.24) is 9.97 Å². The second kappa shape index (κ2) is 4.44. The average Bonchev–Trinajstić information content (AvgIpc) is 2.76. The molecule has 0 spiro atoms. The Hall–Kier alpha value is -1.69. The van der Waals surface area contributed by atoms with Gasteiger partial charge in [-0.15, -0.1) is 11.3 Å². The van der Waals surface area contributed by atoms with E-state index in [9.17, 15) is 4.79 Å². The minimum absolute atomic E-state index is 0.179. The maximum atomic E-state index is 11.2. The minimum Gasteiger partial charge on any atom is -0.468 e. The first-order valence-electron chi connectivity index (χ1n) is 4.68. The summed E-state index contributed by atoms with van der Waals surface area (Å²) >= 11 is 1.55. The normalized spacial score (nSPS) is 10.4. The van der Waals surface area contributed by atoms with E-state index in [1.807, 2.05) is 11.4 Å². The van der Waals surface area contributed by atoms with Crippen molar-refractivity contribution in [2.24, 2.45) is 0 Å². The highest BCUT2D eigenvalue weighted by Gasteiger charge is 2.12. The largest absolute Gasteiger partial charge is 0.468 e. The van der Waals surface area contributed by atoms with Crippen LogP contribution in [0.2, 0.25) is 0 Å². The first-order valence-corrected chi connectivity index (χ1v) is 5.56. The van der Waals surface area contributed by atoms with Crippen molar-refractivity contribution in [3.63, 3.8) is 0 Å². The number of aromatic nitrogens is 2. The molecule has 2 heterocycles. The van der Waals surface area contributed by atoms with Crippen molar-refractivity contribution < 1.29 is 9.53 Å². The van der Waals surface area contributed by atoms with Gasteiger partial charge in [-0.05, 0) is 11.4 Å². The summed E-state index contributed by atoms with van der Waals surface area (Å²) in [7, 11) is 3.17. The van der Waals surface area contributed by atoms with Crippen molar-refractivity contribution in [2.75, 3.05) is 25.6 Å². The lowest BCUT2D eigenvalue weighted by atomic mass is 10.3. The Balaban J connectivity index is 2.32. The molecule has 0 unspecified atom stereocenters. The van der Waals surface area contributed by atoms with Crippen molar-refractivity contribution >= 4 is 33.3 Å². The SMILES string of the molecule is COC(=O)CN(C)c1ncnc2sccc12. The summed E-state index contributed by atoms with van der Waals surface area (Å²) in [5.74, 6) is 0.459. The molecule has 0 amide bonds. The molecule has 2 rings (SSSR count). The molecule has 2 aromatic heterocycles. The molecule has 0 fully saturated rings. The van der Waals surface area contributed by atoms with Crippen LogP contribution in [-0.2, 0) is 9.53 Å². The number of nitrogens with zero attached hydrogens (tertiary/aromatic N) is 3. The number of esters is 1. The second-order valence-corrected chi connectivity index (χ2v) is 4.16. The van der Waals surface area contributed by atoms with E-state index in [-0.39, 0.29) is 12.5 Å². The molecule has 0 aromatic carbocycles. The molecule has 0 aliphatic heterocycles. The molecule has 0 saturated carbocycles. The van der Waals surface area contributed by atoms with Crippen LogP contribution in [0.3, 0.4) is 0 Å². The smallest absolute Gasteiger partial charge is 0.325 e. The van der Waals surface area contributed by atoms with E-state index < -0.39 is 0 Å². The van der Waals surface area contributed by atoms with E-state index in [1.165, 1.54) is 13.4 Å². The Bertz CT molecular complexity index is 511. The summed E-state index contributed by atoms with van der Waals surface area (Å²) in [5, 5.41) is 2.91. The zero-order chi connectivity index (χ0) is 11.5. The van der Waals surface area contributed by atoms with Crippen LogP contribution < -0.4 is 4.90 Å².